The Hall–Kier alpha value is -2.74. The van der Waals surface area contributed by atoms with E-state index in [4.69, 9.17) is 0 Å². The average molecular weight is 457 g/mol. The summed E-state index contributed by atoms with van der Waals surface area (Å²) in [6.45, 7) is 20.0. The van der Waals surface area contributed by atoms with Crippen LogP contribution < -0.4 is 9.80 Å². The lowest BCUT2D eigenvalue weighted by atomic mass is 9.81. The molecule has 2 nitrogen and oxygen atoms in total. The van der Waals surface area contributed by atoms with Crippen molar-refractivity contribution in [2.75, 3.05) is 36.0 Å². The molecule has 0 aromatic heterocycles. The summed E-state index contributed by atoms with van der Waals surface area (Å²) in [5.74, 6) is 0.228. The van der Waals surface area contributed by atoms with Gasteiger partial charge in [0.05, 0.1) is 0 Å². The van der Waals surface area contributed by atoms with Crippen molar-refractivity contribution in [1.82, 2.24) is 0 Å². The molecular formula is C32H44N2. The van der Waals surface area contributed by atoms with Gasteiger partial charge in [-0.25, -0.2) is 0 Å². The van der Waals surface area contributed by atoms with E-state index in [1.165, 1.54) is 57.6 Å². The number of aryl methyl sites for hydroxylation is 3. The molecule has 0 aliphatic heterocycles. The van der Waals surface area contributed by atoms with Crippen molar-refractivity contribution >= 4 is 11.4 Å². The number of benzene rings is 3. The molecule has 34 heavy (non-hydrogen) atoms. The monoisotopic (exact) mass is 456 g/mol. The standard InChI is InChI=1S/C32H44N2/c1-8-20-33(10-3)28-16-18-30(25(6)22-28)32(27-14-12-24(5)13-15-27)31-19-17-29(23-26(31)7)34(11-4)21-9-2/h12-19,22-23,32H,8-11,20-21H2,1-7H3. The second-order valence-corrected chi connectivity index (χ2v) is 9.58. The van der Waals surface area contributed by atoms with Crippen LogP contribution in [-0.2, 0) is 0 Å². The van der Waals surface area contributed by atoms with E-state index in [0.29, 0.717) is 0 Å². The third-order valence-electron chi connectivity index (χ3n) is 7.02. The molecule has 0 N–H and O–H groups in total. The van der Waals surface area contributed by atoms with E-state index in [1.807, 2.05) is 0 Å². The second kappa shape index (κ2) is 12.1. The van der Waals surface area contributed by atoms with Crippen molar-refractivity contribution in [3.8, 4) is 0 Å². The zero-order valence-electron chi connectivity index (χ0n) is 22.5. The number of nitrogens with zero attached hydrogens (tertiary/aromatic N) is 2. The quantitative estimate of drug-likeness (QED) is 0.268. The Kier molecular flexibility index (Phi) is 9.21. The highest BCUT2D eigenvalue weighted by molar-refractivity contribution is 5.58. The topological polar surface area (TPSA) is 6.48 Å². The molecule has 0 aliphatic rings. The first kappa shape index (κ1) is 25.9. The first-order chi connectivity index (χ1) is 16.4. The van der Waals surface area contributed by atoms with Crippen LogP contribution in [0.1, 0.15) is 79.8 Å². The fourth-order valence-electron chi connectivity index (χ4n) is 5.13. The van der Waals surface area contributed by atoms with E-state index in [9.17, 15) is 0 Å². The van der Waals surface area contributed by atoms with Crippen LogP contribution in [0.4, 0.5) is 11.4 Å². The number of hydrogen-bond acceptors (Lipinski definition) is 2. The average Bonchev–Trinajstić information content (AvgIpc) is 2.84. The Balaban J connectivity index is 2.10. The summed E-state index contributed by atoms with van der Waals surface area (Å²) in [6, 6.07) is 23.3. The molecule has 182 valence electrons. The van der Waals surface area contributed by atoms with Crippen LogP contribution in [0, 0.1) is 20.8 Å². The van der Waals surface area contributed by atoms with Gasteiger partial charge >= 0.3 is 0 Å². The third kappa shape index (κ3) is 5.84. The summed E-state index contributed by atoms with van der Waals surface area (Å²) >= 11 is 0. The molecule has 0 spiro atoms. The minimum Gasteiger partial charge on any atom is -0.372 e. The van der Waals surface area contributed by atoms with Gasteiger partial charge in [-0.15, -0.1) is 0 Å². The fraction of sp³-hybridized carbons (Fsp3) is 0.438. The molecule has 0 fully saturated rings. The van der Waals surface area contributed by atoms with Gasteiger partial charge < -0.3 is 9.80 Å². The van der Waals surface area contributed by atoms with Crippen LogP contribution in [0.5, 0.6) is 0 Å². The molecule has 0 amide bonds. The van der Waals surface area contributed by atoms with Gasteiger partial charge in [-0.1, -0.05) is 55.8 Å². The van der Waals surface area contributed by atoms with E-state index in [2.05, 4.69) is 119 Å². The van der Waals surface area contributed by atoms with E-state index in [1.54, 1.807) is 0 Å². The maximum Gasteiger partial charge on any atom is 0.0368 e. The lowest BCUT2D eigenvalue weighted by Crippen LogP contribution is -2.24. The van der Waals surface area contributed by atoms with E-state index in [-0.39, 0.29) is 5.92 Å². The van der Waals surface area contributed by atoms with Crippen LogP contribution in [0.3, 0.4) is 0 Å². The Bertz CT molecular complexity index is 988. The van der Waals surface area contributed by atoms with Crippen molar-refractivity contribution in [3.63, 3.8) is 0 Å². The second-order valence-electron chi connectivity index (χ2n) is 9.58. The molecule has 0 aliphatic carbocycles. The van der Waals surface area contributed by atoms with Crippen molar-refractivity contribution in [3.05, 3.63) is 94.0 Å². The maximum atomic E-state index is 2.48. The third-order valence-corrected chi connectivity index (χ3v) is 7.02. The summed E-state index contributed by atoms with van der Waals surface area (Å²) in [7, 11) is 0. The van der Waals surface area contributed by atoms with Crippen molar-refractivity contribution in [2.45, 2.75) is 67.2 Å². The molecule has 0 heterocycles. The maximum absolute atomic E-state index is 2.48. The highest BCUT2D eigenvalue weighted by Crippen LogP contribution is 2.38. The Morgan fingerprint density at radius 2 is 1.03 bits per heavy atom. The summed E-state index contributed by atoms with van der Waals surface area (Å²) in [4.78, 5) is 4.95. The van der Waals surface area contributed by atoms with Gasteiger partial charge in [-0.3, -0.25) is 0 Å². The summed E-state index contributed by atoms with van der Waals surface area (Å²) in [5.41, 5.74) is 10.9. The SMILES string of the molecule is CCCN(CC)c1ccc(C(c2ccc(C)cc2)c2ccc(N(CC)CCC)cc2C)c(C)c1. The summed E-state index contributed by atoms with van der Waals surface area (Å²) < 4.78 is 0. The van der Waals surface area contributed by atoms with Crippen LogP contribution in [0.15, 0.2) is 60.7 Å². The molecule has 0 saturated carbocycles. The van der Waals surface area contributed by atoms with E-state index >= 15 is 0 Å². The molecule has 0 radical (unpaired) electrons. The molecule has 0 atom stereocenters. The van der Waals surface area contributed by atoms with Gasteiger partial charge in [0, 0.05) is 43.5 Å². The van der Waals surface area contributed by atoms with Crippen molar-refractivity contribution in [1.29, 1.82) is 0 Å². The highest BCUT2D eigenvalue weighted by atomic mass is 15.1. The Labute approximate surface area is 208 Å². The van der Waals surface area contributed by atoms with Crippen molar-refractivity contribution < 1.29 is 0 Å². The van der Waals surface area contributed by atoms with Gasteiger partial charge in [-0.2, -0.15) is 0 Å². The van der Waals surface area contributed by atoms with Crippen molar-refractivity contribution in [2.24, 2.45) is 0 Å². The van der Waals surface area contributed by atoms with Gasteiger partial charge in [0.15, 0.2) is 0 Å². The number of hydrogen-bond donors (Lipinski definition) is 0. The molecule has 2 heteroatoms. The predicted molar refractivity (Wildman–Crippen MR) is 151 cm³/mol. The van der Waals surface area contributed by atoms with Gasteiger partial charge in [0.2, 0.25) is 0 Å². The van der Waals surface area contributed by atoms with E-state index < -0.39 is 0 Å². The molecule has 3 rings (SSSR count). The van der Waals surface area contributed by atoms with E-state index in [0.717, 1.165) is 26.2 Å². The lowest BCUT2D eigenvalue weighted by molar-refractivity contribution is 0.789. The van der Waals surface area contributed by atoms with Gasteiger partial charge in [0.25, 0.3) is 0 Å². The predicted octanol–water partition coefficient (Wildman–Crippen LogP) is 8.26. The number of rotatable bonds is 11. The molecule has 0 bridgehead atoms. The first-order valence-corrected chi connectivity index (χ1v) is 13.2. The molecule has 0 unspecified atom stereocenters. The minimum absolute atomic E-state index is 0.228. The zero-order valence-corrected chi connectivity index (χ0v) is 22.5. The number of anilines is 2. The molecular weight excluding hydrogens is 412 g/mol. The molecule has 0 saturated heterocycles. The van der Waals surface area contributed by atoms with Crippen LogP contribution in [0.2, 0.25) is 0 Å². The minimum atomic E-state index is 0.228. The summed E-state index contributed by atoms with van der Waals surface area (Å²) in [5, 5.41) is 0. The summed E-state index contributed by atoms with van der Waals surface area (Å²) in [6.07, 6.45) is 2.33. The molecule has 3 aromatic carbocycles. The normalized spacial score (nSPS) is 11.2. The largest absolute Gasteiger partial charge is 0.372 e. The van der Waals surface area contributed by atoms with Gasteiger partial charge in [0.1, 0.15) is 0 Å². The Morgan fingerprint density at radius 1 is 0.588 bits per heavy atom. The van der Waals surface area contributed by atoms with Crippen LogP contribution in [-0.4, -0.2) is 26.2 Å². The zero-order chi connectivity index (χ0) is 24.7. The van der Waals surface area contributed by atoms with Crippen LogP contribution in [0.25, 0.3) is 0 Å². The van der Waals surface area contributed by atoms with Crippen LogP contribution >= 0.6 is 0 Å². The van der Waals surface area contributed by atoms with Gasteiger partial charge in [-0.05, 0) is 99.5 Å². The smallest absolute Gasteiger partial charge is 0.0368 e. The first-order valence-electron chi connectivity index (χ1n) is 13.2. The molecule has 3 aromatic rings. The lowest BCUT2D eigenvalue weighted by Gasteiger charge is -2.28. The highest BCUT2D eigenvalue weighted by Gasteiger charge is 2.22. The Morgan fingerprint density at radius 3 is 1.38 bits per heavy atom. The fourth-order valence-corrected chi connectivity index (χ4v) is 5.13.